The SMILES string of the molecule is CON(C)C(=O)CCCC(=O)ON1C(C)(C)CCCC1(C)C. The number of hydrogen-bond acceptors (Lipinski definition) is 5. The van der Waals surface area contributed by atoms with Gasteiger partial charge in [0.1, 0.15) is 0 Å². The summed E-state index contributed by atoms with van der Waals surface area (Å²) in [7, 11) is 2.99. The van der Waals surface area contributed by atoms with E-state index in [-0.39, 0.29) is 35.8 Å². The van der Waals surface area contributed by atoms with Gasteiger partial charge in [-0.05, 0) is 53.4 Å². The average Bonchev–Trinajstić information content (AvgIpc) is 2.41. The van der Waals surface area contributed by atoms with Crippen LogP contribution in [0.5, 0.6) is 0 Å². The molecule has 1 aliphatic heterocycles. The van der Waals surface area contributed by atoms with Crippen LogP contribution >= 0.6 is 0 Å². The van der Waals surface area contributed by atoms with E-state index in [1.54, 1.807) is 7.05 Å². The van der Waals surface area contributed by atoms with E-state index in [2.05, 4.69) is 27.7 Å². The van der Waals surface area contributed by atoms with Gasteiger partial charge in [-0.3, -0.25) is 14.4 Å². The molecule has 0 unspecified atom stereocenters. The van der Waals surface area contributed by atoms with Crippen molar-refractivity contribution in [3.05, 3.63) is 0 Å². The third-order valence-electron chi connectivity index (χ3n) is 4.27. The highest BCUT2D eigenvalue weighted by atomic mass is 16.7. The monoisotopic (exact) mass is 314 g/mol. The number of hydrogen-bond donors (Lipinski definition) is 0. The molecule has 1 saturated heterocycles. The van der Waals surface area contributed by atoms with Crippen molar-refractivity contribution in [1.82, 2.24) is 10.1 Å². The summed E-state index contributed by atoms with van der Waals surface area (Å²) in [5.74, 6) is -0.426. The van der Waals surface area contributed by atoms with Gasteiger partial charge in [-0.15, -0.1) is 5.06 Å². The maximum Gasteiger partial charge on any atom is 0.325 e. The van der Waals surface area contributed by atoms with Gasteiger partial charge >= 0.3 is 5.97 Å². The molecule has 6 nitrogen and oxygen atoms in total. The summed E-state index contributed by atoms with van der Waals surface area (Å²) < 4.78 is 0. The number of rotatable bonds is 6. The molecule has 1 fully saturated rings. The summed E-state index contributed by atoms with van der Waals surface area (Å²) in [6.07, 6.45) is 4.09. The van der Waals surface area contributed by atoms with Gasteiger partial charge in [-0.1, -0.05) is 0 Å². The van der Waals surface area contributed by atoms with Crippen molar-refractivity contribution < 1.29 is 19.3 Å². The molecule has 0 aromatic heterocycles. The predicted molar refractivity (Wildman–Crippen MR) is 83.6 cm³/mol. The van der Waals surface area contributed by atoms with Crippen molar-refractivity contribution in [2.24, 2.45) is 0 Å². The Bertz CT molecular complexity index is 391. The molecule has 0 bridgehead atoms. The molecule has 0 N–H and O–H groups in total. The minimum atomic E-state index is -0.282. The van der Waals surface area contributed by atoms with E-state index in [4.69, 9.17) is 9.68 Å². The zero-order valence-electron chi connectivity index (χ0n) is 14.8. The second-order valence-corrected chi connectivity index (χ2v) is 7.16. The van der Waals surface area contributed by atoms with Gasteiger partial charge in [-0.25, -0.2) is 5.06 Å². The number of nitrogens with zero attached hydrogens (tertiary/aromatic N) is 2. The Morgan fingerprint density at radius 1 is 1.09 bits per heavy atom. The predicted octanol–water partition coefficient (Wildman–Crippen LogP) is 2.68. The molecule has 22 heavy (non-hydrogen) atoms. The van der Waals surface area contributed by atoms with E-state index in [1.165, 1.54) is 12.2 Å². The van der Waals surface area contributed by atoms with E-state index in [1.807, 2.05) is 5.06 Å². The molecule has 0 aromatic carbocycles. The van der Waals surface area contributed by atoms with Gasteiger partial charge in [0.25, 0.3) is 0 Å². The lowest BCUT2D eigenvalue weighted by Gasteiger charge is -2.50. The van der Waals surface area contributed by atoms with Gasteiger partial charge in [0.2, 0.25) is 5.91 Å². The Labute approximate surface area is 133 Å². The van der Waals surface area contributed by atoms with Crippen LogP contribution in [-0.2, 0) is 19.3 Å². The molecule has 1 aliphatic rings. The highest BCUT2D eigenvalue weighted by molar-refractivity contribution is 5.76. The van der Waals surface area contributed by atoms with Gasteiger partial charge in [0.15, 0.2) is 0 Å². The number of carbonyl (C=O) groups excluding carboxylic acids is 2. The normalized spacial score (nSPS) is 20.5. The lowest BCUT2D eigenvalue weighted by atomic mass is 9.82. The minimum absolute atomic E-state index is 0.145. The summed E-state index contributed by atoms with van der Waals surface area (Å²) in [5.41, 5.74) is -0.326. The fourth-order valence-electron chi connectivity index (χ4n) is 3.01. The van der Waals surface area contributed by atoms with Gasteiger partial charge in [0, 0.05) is 19.9 Å². The topological polar surface area (TPSA) is 59.1 Å². The van der Waals surface area contributed by atoms with Crippen LogP contribution in [0.2, 0.25) is 0 Å². The molecule has 128 valence electrons. The van der Waals surface area contributed by atoms with Crippen LogP contribution in [-0.4, -0.2) is 47.2 Å². The zero-order valence-corrected chi connectivity index (χ0v) is 14.8. The molecular formula is C16H30N2O4. The number of amides is 1. The maximum absolute atomic E-state index is 12.1. The van der Waals surface area contributed by atoms with Crippen molar-refractivity contribution in [2.75, 3.05) is 14.2 Å². The molecule has 1 amide bonds. The van der Waals surface area contributed by atoms with E-state index in [0.717, 1.165) is 19.3 Å². The number of hydroxylamine groups is 4. The fourth-order valence-corrected chi connectivity index (χ4v) is 3.01. The summed E-state index contributed by atoms with van der Waals surface area (Å²) >= 11 is 0. The van der Waals surface area contributed by atoms with Crippen molar-refractivity contribution in [3.8, 4) is 0 Å². The molecule has 0 aromatic rings. The highest BCUT2D eigenvalue weighted by Crippen LogP contribution is 2.38. The first-order valence-electron chi connectivity index (χ1n) is 7.92. The second-order valence-electron chi connectivity index (χ2n) is 7.16. The molecule has 0 spiro atoms. The standard InChI is InChI=1S/C16H30N2O4/c1-15(2)11-8-12-16(3,4)18(15)22-14(20)10-7-9-13(19)17(5)21-6/h7-12H2,1-6H3. The number of piperidine rings is 1. The summed E-state index contributed by atoms with van der Waals surface area (Å²) in [6, 6.07) is 0. The van der Waals surface area contributed by atoms with Gasteiger partial charge in [-0.2, -0.15) is 0 Å². The lowest BCUT2D eigenvalue weighted by molar-refractivity contribution is -0.265. The molecule has 0 radical (unpaired) electrons. The van der Waals surface area contributed by atoms with E-state index >= 15 is 0 Å². The average molecular weight is 314 g/mol. The minimum Gasteiger partial charge on any atom is -0.367 e. The van der Waals surface area contributed by atoms with Crippen LogP contribution in [0.1, 0.15) is 66.2 Å². The zero-order chi connectivity index (χ0) is 17.0. The van der Waals surface area contributed by atoms with Gasteiger partial charge < -0.3 is 4.84 Å². The van der Waals surface area contributed by atoms with Crippen LogP contribution in [0, 0.1) is 0 Å². The van der Waals surface area contributed by atoms with Crippen LogP contribution in [0.4, 0.5) is 0 Å². The van der Waals surface area contributed by atoms with Crippen LogP contribution in [0.3, 0.4) is 0 Å². The second kappa shape index (κ2) is 7.42. The Morgan fingerprint density at radius 3 is 2.14 bits per heavy atom. The maximum atomic E-state index is 12.1. The van der Waals surface area contributed by atoms with Crippen LogP contribution < -0.4 is 0 Å². The first-order chi connectivity index (χ1) is 10.1. The van der Waals surface area contributed by atoms with E-state index < -0.39 is 0 Å². The molecule has 0 aliphatic carbocycles. The molecule has 6 heteroatoms. The van der Waals surface area contributed by atoms with Crippen LogP contribution in [0.25, 0.3) is 0 Å². The summed E-state index contributed by atoms with van der Waals surface area (Å²) in [6.45, 7) is 8.38. The van der Waals surface area contributed by atoms with Crippen molar-refractivity contribution in [2.45, 2.75) is 77.3 Å². The summed E-state index contributed by atoms with van der Waals surface area (Å²) in [5, 5.41) is 3.01. The fraction of sp³-hybridized carbons (Fsp3) is 0.875. The third-order valence-corrected chi connectivity index (χ3v) is 4.27. The Kier molecular flexibility index (Phi) is 6.38. The van der Waals surface area contributed by atoms with E-state index in [9.17, 15) is 9.59 Å². The third kappa shape index (κ3) is 4.95. The Morgan fingerprint density at radius 2 is 1.64 bits per heavy atom. The smallest absolute Gasteiger partial charge is 0.325 e. The molecule has 1 heterocycles. The summed E-state index contributed by atoms with van der Waals surface area (Å²) in [4.78, 5) is 34.1. The molecule has 1 rings (SSSR count). The van der Waals surface area contributed by atoms with E-state index in [0.29, 0.717) is 6.42 Å². The first kappa shape index (κ1) is 18.9. The molecular weight excluding hydrogens is 284 g/mol. The van der Waals surface area contributed by atoms with Crippen LogP contribution in [0.15, 0.2) is 0 Å². The van der Waals surface area contributed by atoms with Crippen molar-refractivity contribution in [1.29, 1.82) is 0 Å². The Hall–Kier alpha value is -1.14. The molecule has 0 saturated carbocycles. The quantitative estimate of drug-likeness (QED) is 0.705. The van der Waals surface area contributed by atoms with Crippen molar-refractivity contribution >= 4 is 11.9 Å². The Balaban J connectivity index is 2.48. The molecule has 0 atom stereocenters. The first-order valence-corrected chi connectivity index (χ1v) is 7.92. The lowest BCUT2D eigenvalue weighted by Crippen LogP contribution is -2.58. The highest BCUT2D eigenvalue weighted by Gasteiger charge is 2.44. The number of carbonyl (C=O) groups is 2. The van der Waals surface area contributed by atoms with Gasteiger partial charge in [0.05, 0.1) is 18.2 Å². The largest absolute Gasteiger partial charge is 0.367 e. The van der Waals surface area contributed by atoms with Crippen molar-refractivity contribution in [3.63, 3.8) is 0 Å².